The van der Waals surface area contributed by atoms with Crippen LogP contribution < -0.4 is 10.2 Å². The van der Waals surface area contributed by atoms with Gasteiger partial charge in [-0.3, -0.25) is 39.2 Å². The number of carbonyl (C=O) groups is 6. The Hall–Kier alpha value is -4.02. The van der Waals surface area contributed by atoms with Crippen molar-refractivity contribution in [1.29, 1.82) is 0 Å². The van der Waals surface area contributed by atoms with Gasteiger partial charge in [0.25, 0.3) is 11.8 Å². The standard InChI is InChI=1S/C26H29N5O6/c1-5-14(2)31-21(33)17(20(32)27-24(31)36)12-15-8-9-18-16(11-15)13-26(19-7-6-10-30(18)19)22(34)28(3)25(37)29(4)23(26)35/h8-9,11-12,14,19H,5-7,10,13H2,1-4H3,(H,27,32,36)/b17-12+/t14-,19-/m1/s1. The number of carbonyl (C=O) groups excluding carboxylic acids is 6. The van der Waals surface area contributed by atoms with Crippen molar-refractivity contribution in [3.8, 4) is 0 Å². The molecule has 0 bridgehead atoms. The number of nitrogens with one attached hydrogen (secondary N) is 1. The molecule has 4 aliphatic rings. The summed E-state index contributed by atoms with van der Waals surface area (Å²) in [4.78, 5) is 82.6. The van der Waals surface area contributed by atoms with Crippen LogP contribution in [-0.4, -0.2) is 83.1 Å². The number of urea groups is 2. The third-order valence-electron chi connectivity index (χ3n) is 8.13. The molecule has 0 radical (unpaired) electrons. The van der Waals surface area contributed by atoms with Crippen LogP contribution in [0.25, 0.3) is 6.08 Å². The lowest BCUT2D eigenvalue weighted by Gasteiger charge is -2.50. The Morgan fingerprint density at radius 3 is 2.41 bits per heavy atom. The quantitative estimate of drug-likeness (QED) is 0.373. The molecule has 1 spiro atoms. The minimum atomic E-state index is -1.44. The Bertz CT molecular complexity index is 1280. The molecular weight excluding hydrogens is 478 g/mol. The molecule has 1 aromatic rings. The van der Waals surface area contributed by atoms with Crippen LogP contribution in [0.1, 0.15) is 44.2 Å². The Kier molecular flexibility index (Phi) is 5.69. The summed E-state index contributed by atoms with van der Waals surface area (Å²) in [6.45, 7) is 4.23. The largest absolute Gasteiger partial charge is 0.367 e. The second-order valence-electron chi connectivity index (χ2n) is 10.1. The highest BCUT2D eigenvalue weighted by molar-refractivity contribution is 6.31. The number of imide groups is 4. The first-order valence-electron chi connectivity index (χ1n) is 12.4. The minimum absolute atomic E-state index is 0.0950. The van der Waals surface area contributed by atoms with Crippen LogP contribution in [0.3, 0.4) is 0 Å². The summed E-state index contributed by atoms with van der Waals surface area (Å²) in [6, 6.07) is 3.24. The minimum Gasteiger partial charge on any atom is -0.367 e. The van der Waals surface area contributed by atoms with Gasteiger partial charge in [0.2, 0.25) is 11.8 Å². The van der Waals surface area contributed by atoms with Gasteiger partial charge < -0.3 is 4.90 Å². The zero-order valence-electron chi connectivity index (χ0n) is 21.2. The molecule has 11 heteroatoms. The lowest BCUT2D eigenvalue weighted by Crippen LogP contribution is -2.70. The van der Waals surface area contributed by atoms with Crippen molar-refractivity contribution in [3.63, 3.8) is 0 Å². The molecule has 4 aliphatic heterocycles. The van der Waals surface area contributed by atoms with Gasteiger partial charge in [0.1, 0.15) is 5.57 Å². The maximum Gasteiger partial charge on any atom is 0.332 e. The van der Waals surface area contributed by atoms with Gasteiger partial charge in [0, 0.05) is 32.4 Å². The van der Waals surface area contributed by atoms with Gasteiger partial charge in [-0.1, -0.05) is 13.0 Å². The number of hydrogen-bond acceptors (Lipinski definition) is 7. The highest BCUT2D eigenvalue weighted by Crippen LogP contribution is 2.49. The molecule has 0 aliphatic carbocycles. The number of anilines is 1. The lowest BCUT2D eigenvalue weighted by molar-refractivity contribution is -0.159. The third kappa shape index (κ3) is 3.40. The van der Waals surface area contributed by atoms with Crippen LogP contribution in [0.4, 0.5) is 15.3 Å². The summed E-state index contributed by atoms with van der Waals surface area (Å²) in [7, 11) is 2.78. The molecule has 0 unspecified atom stereocenters. The van der Waals surface area contributed by atoms with E-state index in [0.29, 0.717) is 30.5 Å². The van der Waals surface area contributed by atoms with E-state index >= 15 is 0 Å². The van der Waals surface area contributed by atoms with E-state index in [-0.39, 0.29) is 24.1 Å². The molecule has 4 heterocycles. The molecule has 0 saturated carbocycles. The number of barbiturate groups is 2. The van der Waals surface area contributed by atoms with Crippen molar-refractivity contribution < 1.29 is 28.8 Å². The Morgan fingerprint density at radius 2 is 1.76 bits per heavy atom. The SMILES string of the molecule is CC[C@@H](C)N1C(=O)NC(=O)/C(=C\c2ccc3c(c2)CC2(C(=O)N(C)C(=O)N(C)C2=O)[C@H]2CCCN32)C1=O. The molecule has 5 rings (SSSR count). The third-order valence-corrected chi connectivity index (χ3v) is 8.13. The topological polar surface area (TPSA) is 127 Å². The highest BCUT2D eigenvalue weighted by Gasteiger charge is 2.63. The van der Waals surface area contributed by atoms with Gasteiger partial charge in [-0.15, -0.1) is 0 Å². The summed E-state index contributed by atoms with van der Waals surface area (Å²) in [6.07, 6.45) is 3.50. The van der Waals surface area contributed by atoms with Crippen molar-refractivity contribution in [3.05, 3.63) is 34.9 Å². The van der Waals surface area contributed by atoms with E-state index in [2.05, 4.69) is 10.2 Å². The molecule has 0 aromatic heterocycles. The predicted molar refractivity (Wildman–Crippen MR) is 132 cm³/mol. The zero-order chi connectivity index (χ0) is 26.8. The lowest BCUT2D eigenvalue weighted by atomic mass is 9.68. The van der Waals surface area contributed by atoms with E-state index in [1.165, 1.54) is 20.2 Å². The molecule has 1 aromatic carbocycles. The van der Waals surface area contributed by atoms with Crippen LogP contribution in [0, 0.1) is 5.41 Å². The van der Waals surface area contributed by atoms with Crippen LogP contribution in [0.15, 0.2) is 23.8 Å². The summed E-state index contributed by atoms with van der Waals surface area (Å²) >= 11 is 0. The van der Waals surface area contributed by atoms with Crippen LogP contribution in [0.2, 0.25) is 0 Å². The molecule has 3 saturated heterocycles. The van der Waals surface area contributed by atoms with Crippen molar-refractivity contribution >= 4 is 47.5 Å². The van der Waals surface area contributed by atoms with E-state index in [0.717, 1.165) is 26.8 Å². The van der Waals surface area contributed by atoms with E-state index in [4.69, 9.17) is 0 Å². The summed E-state index contributed by atoms with van der Waals surface area (Å²) in [5.74, 6) is -2.48. The molecule has 3 fully saturated rings. The molecule has 2 atom stereocenters. The van der Waals surface area contributed by atoms with E-state index < -0.39 is 41.1 Å². The van der Waals surface area contributed by atoms with E-state index in [1.54, 1.807) is 19.1 Å². The molecule has 8 amide bonds. The fraction of sp³-hybridized carbons (Fsp3) is 0.462. The van der Waals surface area contributed by atoms with Gasteiger partial charge in [0.05, 0.1) is 6.04 Å². The van der Waals surface area contributed by atoms with Crippen molar-refractivity contribution in [1.82, 2.24) is 20.0 Å². The van der Waals surface area contributed by atoms with Gasteiger partial charge in [-0.05, 0) is 61.9 Å². The second kappa shape index (κ2) is 8.53. The summed E-state index contributed by atoms with van der Waals surface area (Å²) < 4.78 is 0. The first kappa shape index (κ1) is 24.7. The summed E-state index contributed by atoms with van der Waals surface area (Å²) in [5.41, 5.74) is 0.513. The van der Waals surface area contributed by atoms with Gasteiger partial charge in [-0.25, -0.2) is 9.59 Å². The van der Waals surface area contributed by atoms with E-state index in [9.17, 15) is 28.8 Å². The van der Waals surface area contributed by atoms with E-state index in [1.807, 2.05) is 13.0 Å². The zero-order valence-corrected chi connectivity index (χ0v) is 21.2. The average molecular weight is 508 g/mol. The highest BCUT2D eigenvalue weighted by atomic mass is 16.2. The number of hydrogen-bond donors (Lipinski definition) is 1. The fourth-order valence-corrected chi connectivity index (χ4v) is 6.05. The number of benzene rings is 1. The molecule has 194 valence electrons. The van der Waals surface area contributed by atoms with Crippen molar-refractivity contribution in [2.24, 2.45) is 5.41 Å². The maximum absolute atomic E-state index is 13.6. The Morgan fingerprint density at radius 1 is 1.08 bits per heavy atom. The smallest absolute Gasteiger partial charge is 0.332 e. The van der Waals surface area contributed by atoms with Gasteiger partial charge in [0.15, 0.2) is 5.41 Å². The second-order valence-corrected chi connectivity index (χ2v) is 10.1. The average Bonchev–Trinajstić information content (AvgIpc) is 3.38. The molecule has 1 N–H and O–H groups in total. The first-order valence-corrected chi connectivity index (χ1v) is 12.4. The number of nitrogens with zero attached hydrogens (tertiary/aromatic N) is 4. The Labute approximate surface area is 214 Å². The fourth-order valence-electron chi connectivity index (χ4n) is 6.05. The molecule has 37 heavy (non-hydrogen) atoms. The van der Waals surface area contributed by atoms with Crippen molar-refractivity contribution in [2.45, 2.75) is 51.6 Å². The van der Waals surface area contributed by atoms with Crippen molar-refractivity contribution in [2.75, 3.05) is 25.5 Å². The van der Waals surface area contributed by atoms with Gasteiger partial charge in [-0.2, -0.15) is 0 Å². The molecular formula is C26H29N5O6. The molecule has 11 nitrogen and oxygen atoms in total. The van der Waals surface area contributed by atoms with Crippen LogP contribution in [-0.2, 0) is 25.6 Å². The normalized spacial score (nSPS) is 25.2. The number of fused-ring (bicyclic) bond motifs is 4. The number of amides is 8. The Balaban J connectivity index is 1.57. The van der Waals surface area contributed by atoms with Crippen LogP contribution in [0.5, 0.6) is 0 Å². The van der Waals surface area contributed by atoms with Gasteiger partial charge >= 0.3 is 12.1 Å². The summed E-state index contributed by atoms with van der Waals surface area (Å²) in [5, 5.41) is 2.23. The van der Waals surface area contributed by atoms with Crippen LogP contribution >= 0.6 is 0 Å². The monoisotopic (exact) mass is 507 g/mol. The maximum atomic E-state index is 13.6. The first-order chi connectivity index (χ1) is 17.5. The number of rotatable bonds is 3. The predicted octanol–water partition coefficient (Wildman–Crippen LogP) is 1.51.